The van der Waals surface area contributed by atoms with Crippen molar-refractivity contribution >= 4 is 0 Å². The third kappa shape index (κ3) is 0.816. The topological polar surface area (TPSA) is 0 Å². The van der Waals surface area contributed by atoms with E-state index in [2.05, 4.69) is 20.8 Å². The number of hydrogen-bond donors (Lipinski definition) is 0. The van der Waals surface area contributed by atoms with E-state index >= 15 is 0 Å². The van der Waals surface area contributed by atoms with Gasteiger partial charge in [0.25, 0.3) is 0 Å². The zero-order valence-corrected chi connectivity index (χ0v) is 8.06. The first-order chi connectivity index (χ1) is 5.25. The molecule has 2 rings (SSSR count). The van der Waals surface area contributed by atoms with Gasteiger partial charge in [-0.05, 0) is 36.0 Å². The first kappa shape index (κ1) is 7.64. The van der Waals surface area contributed by atoms with E-state index in [0.717, 1.165) is 23.2 Å². The zero-order chi connectivity index (χ0) is 8.06. The van der Waals surface area contributed by atoms with E-state index in [9.17, 15) is 0 Å². The second-order valence-electron chi connectivity index (χ2n) is 4.72. The highest BCUT2D eigenvalue weighted by atomic mass is 14.7. The van der Waals surface area contributed by atoms with Crippen molar-refractivity contribution in [2.45, 2.75) is 46.5 Å². The average Bonchev–Trinajstić information content (AvgIpc) is 2.49. The van der Waals surface area contributed by atoms with Gasteiger partial charge < -0.3 is 0 Å². The largest absolute Gasteiger partial charge is 0.0654 e. The molecule has 2 aliphatic rings. The van der Waals surface area contributed by atoms with Gasteiger partial charge >= 0.3 is 0 Å². The molecule has 4 atom stereocenters. The fourth-order valence-corrected chi connectivity index (χ4v) is 3.64. The van der Waals surface area contributed by atoms with Gasteiger partial charge in [0.15, 0.2) is 0 Å². The maximum Gasteiger partial charge on any atom is -0.0264 e. The van der Waals surface area contributed by atoms with Crippen molar-refractivity contribution in [1.82, 2.24) is 0 Å². The molecule has 2 aliphatic carbocycles. The minimum Gasteiger partial charge on any atom is -0.0654 e. The van der Waals surface area contributed by atoms with Crippen molar-refractivity contribution in [3.05, 3.63) is 0 Å². The lowest BCUT2D eigenvalue weighted by Gasteiger charge is -2.41. The van der Waals surface area contributed by atoms with Crippen molar-refractivity contribution in [1.29, 1.82) is 0 Å². The van der Waals surface area contributed by atoms with Crippen LogP contribution in [0.2, 0.25) is 0 Å². The summed E-state index contributed by atoms with van der Waals surface area (Å²) in [5.41, 5.74) is 0.818. The summed E-state index contributed by atoms with van der Waals surface area (Å²) < 4.78 is 0. The molecule has 0 radical (unpaired) electrons. The van der Waals surface area contributed by atoms with Gasteiger partial charge in [-0.2, -0.15) is 0 Å². The second-order valence-corrected chi connectivity index (χ2v) is 4.72. The Morgan fingerprint density at radius 1 is 1.36 bits per heavy atom. The fourth-order valence-electron chi connectivity index (χ4n) is 3.64. The zero-order valence-electron chi connectivity index (χ0n) is 8.06. The summed E-state index contributed by atoms with van der Waals surface area (Å²) in [6.45, 7) is 7.16. The van der Waals surface area contributed by atoms with Gasteiger partial charge in [0, 0.05) is 0 Å². The van der Waals surface area contributed by atoms with Crippen LogP contribution in [0.25, 0.3) is 0 Å². The summed E-state index contributed by atoms with van der Waals surface area (Å²) in [6.07, 6.45) is 5.88. The van der Waals surface area contributed by atoms with E-state index in [1.165, 1.54) is 19.3 Å². The van der Waals surface area contributed by atoms with Gasteiger partial charge in [-0.15, -0.1) is 0 Å². The van der Waals surface area contributed by atoms with Crippen LogP contribution in [0.4, 0.5) is 0 Å². The third-order valence-corrected chi connectivity index (χ3v) is 4.36. The molecule has 0 aliphatic heterocycles. The molecule has 11 heavy (non-hydrogen) atoms. The van der Waals surface area contributed by atoms with Crippen LogP contribution < -0.4 is 0 Å². The molecule has 0 amide bonds. The Balaban J connectivity index is 1.99. The van der Waals surface area contributed by atoms with Crippen LogP contribution in [0.1, 0.15) is 46.5 Å². The van der Waals surface area contributed by atoms with E-state index in [0.29, 0.717) is 0 Å². The molecule has 2 fully saturated rings. The first-order valence-corrected chi connectivity index (χ1v) is 5.25. The lowest BCUT2D eigenvalue weighted by Crippen LogP contribution is -2.31. The quantitative estimate of drug-likeness (QED) is 0.581. The molecular formula is C11H20. The number of rotatable bonds is 3. The summed E-state index contributed by atoms with van der Waals surface area (Å²) in [5.74, 6) is 3.38. The van der Waals surface area contributed by atoms with Gasteiger partial charge in [0.1, 0.15) is 0 Å². The highest BCUT2D eigenvalue weighted by Gasteiger charge is 2.66. The molecule has 0 heteroatoms. The van der Waals surface area contributed by atoms with E-state index < -0.39 is 0 Å². The van der Waals surface area contributed by atoms with Crippen LogP contribution in [-0.4, -0.2) is 0 Å². The summed E-state index contributed by atoms with van der Waals surface area (Å²) in [6, 6.07) is 0. The fraction of sp³-hybridized carbons (Fsp3) is 1.00. The predicted octanol–water partition coefficient (Wildman–Crippen LogP) is 3.47. The van der Waals surface area contributed by atoms with Gasteiger partial charge in [-0.3, -0.25) is 0 Å². The number of fused-ring (bicyclic) bond motifs is 1. The standard InChI is InChI=1S/C11H20/c1-4-6-11(5-2)7-9-8(3)10(9)11/h8-10H,4-7H2,1-3H3. The minimum atomic E-state index is 0.818. The van der Waals surface area contributed by atoms with E-state index in [4.69, 9.17) is 0 Å². The summed E-state index contributed by atoms with van der Waals surface area (Å²) in [5, 5.41) is 0. The molecule has 0 aromatic heterocycles. The molecule has 0 aromatic rings. The van der Waals surface area contributed by atoms with Gasteiger partial charge in [-0.1, -0.05) is 33.6 Å². The van der Waals surface area contributed by atoms with Crippen LogP contribution >= 0.6 is 0 Å². The summed E-state index contributed by atoms with van der Waals surface area (Å²) in [7, 11) is 0. The second kappa shape index (κ2) is 2.24. The Hall–Kier alpha value is 0. The molecule has 0 bridgehead atoms. The number of hydrogen-bond acceptors (Lipinski definition) is 0. The molecule has 0 N–H and O–H groups in total. The van der Waals surface area contributed by atoms with Crippen LogP contribution in [0.5, 0.6) is 0 Å². The molecule has 4 unspecified atom stereocenters. The van der Waals surface area contributed by atoms with Crippen molar-refractivity contribution in [3.63, 3.8) is 0 Å². The van der Waals surface area contributed by atoms with Crippen molar-refractivity contribution in [2.75, 3.05) is 0 Å². The molecule has 0 spiro atoms. The predicted molar refractivity (Wildman–Crippen MR) is 48.4 cm³/mol. The first-order valence-electron chi connectivity index (χ1n) is 5.25. The molecule has 0 nitrogen and oxygen atoms in total. The molecular weight excluding hydrogens is 132 g/mol. The van der Waals surface area contributed by atoms with E-state index in [1.54, 1.807) is 6.42 Å². The minimum absolute atomic E-state index is 0.818. The molecule has 64 valence electrons. The van der Waals surface area contributed by atoms with Gasteiger partial charge in [0.2, 0.25) is 0 Å². The Morgan fingerprint density at radius 2 is 2.09 bits per heavy atom. The summed E-state index contributed by atoms with van der Waals surface area (Å²) >= 11 is 0. The Morgan fingerprint density at radius 3 is 2.36 bits per heavy atom. The van der Waals surface area contributed by atoms with Gasteiger partial charge in [-0.25, -0.2) is 0 Å². The summed E-state index contributed by atoms with van der Waals surface area (Å²) in [4.78, 5) is 0. The van der Waals surface area contributed by atoms with Crippen molar-refractivity contribution < 1.29 is 0 Å². The van der Waals surface area contributed by atoms with Crippen molar-refractivity contribution in [3.8, 4) is 0 Å². The normalized spacial score (nSPS) is 53.2. The Bertz CT molecular complexity index is 153. The maximum absolute atomic E-state index is 2.45. The lowest BCUT2D eigenvalue weighted by molar-refractivity contribution is 0.0909. The highest BCUT2D eigenvalue weighted by Crippen LogP contribution is 2.73. The van der Waals surface area contributed by atoms with E-state index in [1.807, 2.05) is 0 Å². The van der Waals surface area contributed by atoms with E-state index in [-0.39, 0.29) is 0 Å². The van der Waals surface area contributed by atoms with Crippen LogP contribution in [0.3, 0.4) is 0 Å². The molecule has 0 saturated heterocycles. The van der Waals surface area contributed by atoms with Crippen LogP contribution in [-0.2, 0) is 0 Å². The SMILES string of the molecule is CCCC1(CC)CC2C(C)C21. The lowest BCUT2D eigenvalue weighted by atomic mass is 9.64. The van der Waals surface area contributed by atoms with Crippen LogP contribution in [0, 0.1) is 23.2 Å². The highest BCUT2D eigenvalue weighted by molar-refractivity contribution is 5.15. The maximum atomic E-state index is 2.45. The molecule has 0 aromatic carbocycles. The smallest absolute Gasteiger partial charge is 0.0264 e. The van der Waals surface area contributed by atoms with Crippen LogP contribution in [0.15, 0.2) is 0 Å². The molecule has 0 heterocycles. The van der Waals surface area contributed by atoms with Crippen molar-refractivity contribution in [2.24, 2.45) is 23.2 Å². The van der Waals surface area contributed by atoms with Gasteiger partial charge in [0.05, 0.1) is 0 Å². The Labute approximate surface area is 70.4 Å². The average molecular weight is 152 g/mol. The molecule has 2 saturated carbocycles. The Kier molecular flexibility index (Phi) is 1.56. The monoisotopic (exact) mass is 152 g/mol. The third-order valence-electron chi connectivity index (χ3n) is 4.36.